The van der Waals surface area contributed by atoms with E-state index >= 15 is 0 Å². The maximum Gasteiger partial charge on any atom is 0.294 e. The number of carbonyl (C=O) groups excluding carboxylic acids is 1. The van der Waals surface area contributed by atoms with Gasteiger partial charge in [-0.05, 0) is 61.4 Å². The number of anilines is 1. The highest BCUT2D eigenvalue weighted by Crippen LogP contribution is 2.28. The summed E-state index contributed by atoms with van der Waals surface area (Å²) in [6, 6.07) is 12.8. The normalized spacial score (nSPS) is 10.5. The van der Waals surface area contributed by atoms with Crippen LogP contribution in [0.2, 0.25) is 5.02 Å². The number of nitro benzene ring substituents is 1. The van der Waals surface area contributed by atoms with Crippen molar-refractivity contribution in [2.45, 2.75) is 20.5 Å². The van der Waals surface area contributed by atoms with Gasteiger partial charge in [0.15, 0.2) is 5.76 Å². The van der Waals surface area contributed by atoms with Gasteiger partial charge in [0, 0.05) is 11.1 Å². The predicted octanol–water partition coefficient (Wildman–Crippen LogP) is 5.29. The third-order valence-electron chi connectivity index (χ3n) is 4.15. The van der Waals surface area contributed by atoms with Crippen LogP contribution in [0, 0.1) is 24.0 Å². The van der Waals surface area contributed by atoms with E-state index in [9.17, 15) is 14.9 Å². The number of halogens is 1. The first-order valence-electron chi connectivity index (χ1n) is 8.37. The number of carbonyl (C=O) groups is 1. The van der Waals surface area contributed by atoms with Crippen molar-refractivity contribution in [3.05, 3.63) is 86.3 Å². The van der Waals surface area contributed by atoms with Crippen molar-refractivity contribution in [3.8, 4) is 5.75 Å². The van der Waals surface area contributed by atoms with Gasteiger partial charge in [-0.15, -0.1) is 0 Å². The molecule has 0 atom stereocenters. The minimum Gasteiger partial charge on any atom is -0.486 e. The molecule has 0 bridgehead atoms. The molecular formula is C20H17ClN2O5. The maximum absolute atomic E-state index is 12.3. The highest BCUT2D eigenvalue weighted by molar-refractivity contribution is 6.31. The lowest BCUT2D eigenvalue weighted by molar-refractivity contribution is -0.383. The van der Waals surface area contributed by atoms with Crippen LogP contribution in [0.1, 0.15) is 27.4 Å². The van der Waals surface area contributed by atoms with Gasteiger partial charge in [-0.3, -0.25) is 14.9 Å². The van der Waals surface area contributed by atoms with Crippen molar-refractivity contribution in [3.63, 3.8) is 0 Å². The molecular weight excluding hydrogens is 384 g/mol. The average Bonchev–Trinajstić information content (AvgIpc) is 3.13. The zero-order valence-corrected chi connectivity index (χ0v) is 15.9. The Hall–Kier alpha value is -3.32. The van der Waals surface area contributed by atoms with Gasteiger partial charge in [-0.1, -0.05) is 17.7 Å². The SMILES string of the molecule is Cc1ccc(OCc2ccc(C(=O)Nc3ccc(Cl)cc3[N+](=O)[O-])o2)cc1C. The predicted molar refractivity (Wildman–Crippen MR) is 105 cm³/mol. The highest BCUT2D eigenvalue weighted by atomic mass is 35.5. The van der Waals surface area contributed by atoms with Crippen LogP contribution in [0.5, 0.6) is 5.75 Å². The zero-order valence-electron chi connectivity index (χ0n) is 15.2. The lowest BCUT2D eigenvalue weighted by Crippen LogP contribution is -2.12. The van der Waals surface area contributed by atoms with E-state index in [1.807, 2.05) is 32.0 Å². The first-order chi connectivity index (χ1) is 13.3. The van der Waals surface area contributed by atoms with Crippen LogP contribution in [0.25, 0.3) is 0 Å². The maximum atomic E-state index is 12.3. The molecule has 7 nitrogen and oxygen atoms in total. The number of nitrogens with zero attached hydrogens (tertiary/aromatic N) is 1. The Morgan fingerprint density at radius 1 is 1.14 bits per heavy atom. The standard InChI is InChI=1S/C20H17ClN2O5/c1-12-3-5-15(9-13(12)2)27-11-16-6-8-19(28-16)20(24)22-17-7-4-14(21)10-18(17)23(25)26/h3-10H,11H2,1-2H3,(H,22,24). The molecule has 1 amide bonds. The Morgan fingerprint density at radius 2 is 1.93 bits per heavy atom. The molecule has 8 heteroatoms. The molecule has 1 N–H and O–H groups in total. The first kappa shape index (κ1) is 19.4. The van der Waals surface area contributed by atoms with E-state index in [1.165, 1.54) is 29.8 Å². The molecule has 144 valence electrons. The second kappa shape index (κ2) is 8.14. The van der Waals surface area contributed by atoms with Crippen molar-refractivity contribution in [1.29, 1.82) is 0 Å². The smallest absolute Gasteiger partial charge is 0.294 e. The van der Waals surface area contributed by atoms with Gasteiger partial charge in [-0.25, -0.2) is 0 Å². The number of hydrogen-bond donors (Lipinski definition) is 1. The minimum absolute atomic E-state index is 0.0166. The summed E-state index contributed by atoms with van der Waals surface area (Å²) in [5.41, 5.74) is 2.01. The molecule has 0 saturated carbocycles. The topological polar surface area (TPSA) is 94.6 Å². The number of nitrogens with one attached hydrogen (secondary N) is 1. The summed E-state index contributed by atoms with van der Waals surface area (Å²) in [5.74, 6) is 0.557. The number of benzene rings is 2. The first-order valence-corrected chi connectivity index (χ1v) is 8.75. The van der Waals surface area contributed by atoms with Crippen LogP contribution >= 0.6 is 11.6 Å². The van der Waals surface area contributed by atoms with Crippen LogP contribution in [0.3, 0.4) is 0 Å². The summed E-state index contributed by atoms with van der Waals surface area (Å²) < 4.78 is 11.2. The third-order valence-corrected chi connectivity index (χ3v) is 4.38. The number of hydrogen-bond acceptors (Lipinski definition) is 5. The van der Waals surface area contributed by atoms with Gasteiger partial charge in [0.05, 0.1) is 4.92 Å². The number of rotatable bonds is 6. The number of furan rings is 1. The molecule has 2 aromatic carbocycles. The van der Waals surface area contributed by atoms with Crippen LogP contribution in [0.15, 0.2) is 52.9 Å². The fourth-order valence-electron chi connectivity index (χ4n) is 2.48. The summed E-state index contributed by atoms with van der Waals surface area (Å²) >= 11 is 5.77. The van der Waals surface area contributed by atoms with Crippen molar-refractivity contribution < 1.29 is 18.9 Å². The van der Waals surface area contributed by atoms with Crippen molar-refractivity contribution in [2.24, 2.45) is 0 Å². The Bertz CT molecular complexity index is 1040. The van der Waals surface area contributed by atoms with Crippen LogP contribution in [-0.2, 0) is 6.61 Å². The molecule has 0 fully saturated rings. The van der Waals surface area contributed by atoms with Crippen molar-refractivity contribution in [1.82, 2.24) is 0 Å². The van der Waals surface area contributed by atoms with Crippen LogP contribution in [-0.4, -0.2) is 10.8 Å². The average molecular weight is 401 g/mol. The molecule has 0 aliphatic rings. The van der Waals surface area contributed by atoms with E-state index in [0.717, 1.165) is 5.56 Å². The van der Waals surface area contributed by atoms with Gasteiger partial charge >= 0.3 is 0 Å². The fraction of sp³-hybridized carbons (Fsp3) is 0.150. The van der Waals surface area contributed by atoms with E-state index in [-0.39, 0.29) is 28.8 Å². The van der Waals surface area contributed by atoms with Gasteiger partial charge in [-0.2, -0.15) is 0 Å². The van der Waals surface area contributed by atoms with Crippen LogP contribution in [0.4, 0.5) is 11.4 Å². The molecule has 0 unspecified atom stereocenters. The molecule has 28 heavy (non-hydrogen) atoms. The molecule has 1 aromatic heterocycles. The third kappa shape index (κ3) is 4.50. The molecule has 0 saturated heterocycles. The van der Waals surface area contributed by atoms with Crippen molar-refractivity contribution >= 4 is 28.9 Å². The molecule has 3 aromatic rings. The largest absolute Gasteiger partial charge is 0.486 e. The lowest BCUT2D eigenvalue weighted by atomic mass is 10.1. The zero-order chi connectivity index (χ0) is 20.3. The molecule has 0 aliphatic carbocycles. The Labute approximate surface area is 166 Å². The number of amides is 1. The molecule has 3 rings (SSSR count). The summed E-state index contributed by atoms with van der Waals surface area (Å²) in [7, 11) is 0. The van der Waals surface area contributed by atoms with Gasteiger partial charge < -0.3 is 14.5 Å². The van der Waals surface area contributed by atoms with E-state index in [2.05, 4.69) is 5.32 Å². The van der Waals surface area contributed by atoms with Crippen molar-refractivity contribution in [2.75, 3.05) is 5.32 Å². The summed E-state index contributed by atoms with van der Waals surface area (Å²) in [6.45, 7) is 4.16. The molecule has 1 heterocycles. The second-order valence-electron chi connectivity index (χ2n) is 6.17. The van der Waals surface area contributed by atoms with E-state index in [4.69, 9.17) is 20.8 Å². The van der Waals surface area contributed by atoms with Gasteiger partial charge in [0.25, 0.3) is 11.6 Å². The number of ether oxygens (including phenoxy) is 1. The Morgan fingerprint density at radius 3 is 2.64 bits per heavy atom. The Balaban J connectivity index is 1.67. The fourth-order valence-corrected chi connectivity index (χ4v) is 2.65. The Kier molecular flexibility index (Phi) is 5.65. The highest BCUT2D eigenvalue weighted by Gasteiger charge is 2.19. The lowest BCUT2D eigenvalue weighted by Gasteiger charge is -2.07. The van der Waals surface area contributed by atoms with E-state index in [1.54, 1.807) is 6.07 Å². The van der Waals surface area contributed by atoms with Crippen LogP contribution < -0.4 is 10.1 Å². The summed E-state index contributed by atoms with van der Waals surface area (Å²) in [4.78, 5) is 22.8. The minimum atomic E-state index is -0.619. The van der Waals surface area contributed by atoms with E-state index < -0.39 is 10.8 Å². The quantitative estimate of drug-likeness (QED) is 0.448. The molecule has 0 radical (unpaired) electrons. The summed E-state index contributed by atoms with van der Waals surface area (Å²) in [6.07, 6.45) is 0. The second-order valence-corrected chi connectivity index (χ2v) is 6.61. The molecule has 0 spiro atoms. The number of aryl methyl sites for hydroxylation is 2. The van der Waals surface area contributed by atoms with E-state index in [0.29, 0.717) is 11.5 Å². The van der Waals surface area contributed by atoms with Gasteiger partial charge in [0.2, 0.25) is 0 Å². The van der Waals surface area contributed by atoms with Gasteiger partial charge in [0.1, 0.15) is 23.8 Å². The monoisotopic (exact) mass is 400 g/mol. The number of nitro groups is 1. The summed E-state index contributed by atoms with van der Waals surface area (Å²) in [5, 5.41) is 13.8. The molecule has 0 aliphatic heterocycles.